The van der Waals surface area contributed by atoms with Gasteiger partial charge in [0.05, 0.1) is 0 Å². The minimum absolute atomic E-state index is 0.0474. The highest BCUT2D eigenvalue weighted by Gasteiger charge is 2.39. The van der Waals surface area contributed by atoms with Crippen LogP contribution in [0.15, 0.2) is 47.3 Å². The van der Waals surface area contributed by atoms with Crippen molar-refractivity contribution in [2.75, 3.05) is 26.2 Å². The molecule has 2 bridgehead atoms. The van der Waals surface area contributed by atoms with Gasteiger partial charge in [-0.05, 0) is 36.0 Å². The van der Waals surface area contributed by atoms with Crippen LogP contribution in [0.2, 0.25) is 0 Å². The van der Waals surface area contributed by atoms with Crippen LogP contribution in [0.25, 0.3) is 0 Å². The van der Waals surface area contributed by atoms with E-state index >= 15 is 0 Å². The zero-order valence-electron chi connectivity index (χ0n) is 20.1. The van der Waals surface area contributed by atoms with E-state index in [1.165, 1.54) is 0 Å². The van der Waals surface area contributed by atoms with E-state index in [0.717, 1.165) is 50.3 Å². The lowest BCUT2D eigenvalue weighted by Crippen LogP contribution is -2.52. The molecule has 2 aromatic rings. The van der Waals surface area contributed by atoms with Crippen LogP contribution in [0.4, 0.5) is 0 Å². The van der Waals surface area contributed by atoms with Gasteiger partial charge in [-0.1, -0.05) is 44.5 Å². The Bertz CT molecular complexity index is 1140. The highest BCUT2D eigenvalue weighted by Crippen LogP contribution is 2.34. The van der Waals surface area contributed by atoms with Gasteiger partial charge in [-0.25, -0.2) is 0 Å². The molecule has 2 unspecified atom stereocenters. The minimum atomic E-state index is -0.468. The first kappa shape index (κ1) is 22.8. The van der Waals surface area contributed by atoms with Crippen LogP contribution in [0, 0.1) is 11.8 Å². The number of carbonyl (C=O) groups is 2. The second-order valence-corrected chi connectivity index (χ2v) is 10.2. The molecule has 180 valence electrons. The summed E-state index contributed by atoms with van der Waals surface area (Å²) in [5.41, 5.74) is 2.94. The van der Waals surface area contributed by atoms with Gasteiger partial charge in [0.2, 0.25) is 5.91 Å². The molecule has 4 atom stereocenters. The molecule has 1 aromatic carbocycles. The van der Waals surface area contributed by atoms with Crippen LogP contribution in [0.5, 0.6) is 0 Å². The Labute approximate surface area is 200 Å². The van der Waals surface area contributed by atoms with E-state index in [4.69, 9.17) is 0 Å². The predicted molar refractivity (Wildman–Crippen MR) is 131 cm³/mol. The molecule has 7 heteroatoms. The minimum Gasteiger partial charge on any atom is -0.353 e. The first-order valence-corrected chi connectivity index (χ1v) is 12.5. The molecular formula is C27H34N4O3. The number of likely N-dealkylation sites (tertiary alicyclic amines) is 1. The number of pyridine rings is 1. The Kier molecular flexibility index (Phi) is 6.30. The number of nitrogens with one attached hydrogen (secondary N) is 1. The molecule has 34 heavy (non-hydrogen) atoms. The van der Waals surface area contributed by atoms with Crippen molar-refractivity contribution in [1.82, 2.24) is 19.7 Å². The average molecular weight is 463 g/mol. The number of amides is 2. The van der Waals surface area contributed by atoms with E-state index in [1.54, 1.807) is 11.0 Å². The maximum absolute atomic E-state index is 13.3. The summed E-state index contributed by atoms with van der Waals surface area (Å²) in [6.45, 7) is 8.57. The van der Waals surface area contributed by atoms with Gasteiger partial charge in [0.25, 0.3) is 11.5 Å². The van der Waals surface area contributed by atoms with E-state index in [0.29, 0.717) is 30.5 Å². The molecule has 1 saturated heterocycles. The van der Waals surface area contributed by atoms with Crippen LogP contribution in [-0.4, -0.2) is 58.4 Å². The van der Waals surface area contributed by atoms with Crippen molar-refractivity contribution in [2.45, 2.75) is 51.7 Å². The van der Waals surface area contributed by atoms with Crippen LogP contribution >= 0.6 is 0 Å². The maximum Gasteiger partial charge on any atom is 0.255 e. The Morgan fingerprint density at radius 1 is 1.09 bits per heavy atom. The van der Waals surface area contributed by atoms with Gasteiger partial charge in [-0.15, -0.1) is 0 Å². The van der Waals surface area contributed by atoms with Crippen LogP contribution < -0.4 is 10.9 Å². The number of aromatic nitrogens is 1. The molecule has 2 amide bonds. The zero-order valence-corrected chi connectivity index (χ0v) is 20.1. The Morgan fingerprint density at radius 3 is 2.71 bits per heavy atom. The lowest BCUT2D eigenvalue weighted by atomic mass is 9.83. The lowest BCUT2D eigenvalue weighted by Gasteiger charge is -2.42. The number of fused-ring (bicyclic) bond motifs is 5. The van der Waals surface area contributed by atoms with Crippen molar-refractivity contribution in [2.24, 2.45) is 11.8 Å². The molecule has 1 fully saturated rings. The summed E-state index contributed by atoms with van der Waals surface area (Å²) in [6.07, 6.45) is 1.95. The van der Waals surface area contributed by atoms with Gasteiger partial charge in [0.15, 0.2) is 0 Å². The van der Waals surface area contributed by atoms with E-state index in [9.17, 15) is 14.4 Å². The summed E-state index contributed by atoms with van der Waals surface area (Å²) in [5, 5.41) is 3.13. The number of hydrogen-bond acceptors (Lipinski definition) is 4. The summed E-state index contributed by atoms with van der Waals surface area (Å²) >= 11 is 0. The van der Waals surface area contributed by atoms with Crippen molar-refractivity contribution in [3.8, 4) is 0 Å². The summed E-state index contributed by atoms with van der Waals surface area (Å²) in [5.74, 6) is 0.794. The molecule has 7 nitrogen and oxygen atoms in total. The third kappa shape index (κ3) is 4.17. The highest BCUT2D eigenvalue weighted by molar-refractivity contribution is 6.01. The van der Waals surface area contributed by atoms with Gasteiger partial charge >= 0.3 is 0 Å². The summed E-state index contributed by atoms with van der Waals surface area (Å²) < 4.78 is 1.94. The number of carbonyl (C=O) groups excluding carboxylic acids is 2. The normalized spacial score (nSPS) is 23.2. The van der Waals surface area contributed by atoms with Crippen molar-refractivity contribution in [3.05, 3.63) is 69.6 Å². The SMILES string of the molecule is CC[C@H](C)[C@@H](C(=O)NCCN1CC2CC(C1)c1cccc(=O)n1C2)N1Cc2ccccc2C1=O. The molecule has 5 rings (SSSR count). The van der Waals surface area contributed by atoms with Crippen LogP contribution in [0.1, 0.15) is 54.2 Å². The van der Waals surface area contributed by atoms with Crippen molar-refractivity contribution in [1.29, 1.82) is 0 Å². The van der Waals surface area contributed by atoms with E-state index in [1.807, 2.05) is 41.8 Å². The largest absolute Gasteiger partial charge is 0.353 e. The number of rotatable bonds is 7. The Morgan fingerprint density at radius 2 is 1.91 bits per heavy atom. The zero-order chi connectivity index (χ0) is 23.8. The van der Waals surface area contributed by atoms with Crippen LogP contribution in [0.3, 0.4) is 0 Å². The first-order valence-electron chi connectivity index (χ1n) is 12.5. The number of benzene rings is 1. The molecule has 0 radical (unpaired) electrons. The van der Waals surface area contributed by atoms with Gasteiger partial charge in [-0.3, -0.25) is 14.4 Å². The van der Waals surface area contributed by atoms with E-state index in [-0.39, 0.29) is 23.3 Å². The molecule has 0 aliphatic carbocycles. The molecule has 1 aromatic heterocycles. The second kappa shape index (κ2) is 9.37. The highest BCUT2D eigenvalue weighted by atomic mass is 16.2. The summed E-state index contributed by atoms with van der Waals surface area (Å²) in [4.78, 5) is 42.7. The van der Waals surface area contributed by atoms with E-state index < -0.39 is 6.04 Å². The maximum atomic E-state index is 13.3. The second-order valence-electron chi connectivity index (χ2n) is 10.2. The van der Waals surface area contributed by atoms with E-state index in [2.05, 4.69) is 23.2 Å². The lowest BCUT2D eigenvalue weighted by molar-refractivity contribution is -0.127. The summed E-state index contributed by atoms with van der Waals surface area (Å²) in [6, 6.07) is 12.8. The third-order valence-electron chi connectivity index (χ3n) is 7.92. The first-order chi connectivity index (χ1) is 16.5. The molecular weight excluding hydrogens is 428 g/mol. The molecule has 4 heterocycles. The van der Waals surface area contributed by atoms with Gasteiger partial charge < -0.3 is 19.7 Å². The third-order valence-corrected chi connectivity index (χ3v) is 7.92. The number of nitrogens with zero attached hydrogens (tertiary/aromatic N) is 3. The van der Waals surface area contributed by atoms with Crippen molar-refractivity contribution in [3.63, 3.8) is 0 Å². The quantitative estimate of drug-likeness (QED) is 0.686. The predicted octanol–water partition coefficient (Wildman–Crippen LogP) is 2.45. The fourth-order valence-corrected chi connectivity index (χ4v) is 6.05. The Balaban J connectivity index is 1.21. The smallest absolute Gasteiger partial charge is 0.255 e. The molecule has 1 N–H and O–H groups in total. The molecule has 0 spiro atoms. The fourth-order valence-electron chi connectivity index (χ4n) is 6.05. The fraction of sp³-hybridized carbons (Fsp3) is 0.519. The standard InChI is InChI=1S/C27H34N4O3/c1-3-18(2)25(31-17-20-7-4-5-8-22(20)27(31)34)26(33)28-11-12-29-14-19-13-21(16-29)23-9-6-10-24(32)30(23)15-19/h4-10,18-19,21,25H,3,11-17H2,1-2H3,(H,28,33)/t18-,19?,21?,25-/m0/s1. The topological polar surface area (TPSA) is 74.7 Å². The van der Waals surface area contributed by atoms with Gasteiger partial charge in [0.1, 0.15) is 6.04 Å². The molecule has 0 saturated carbocycles. The number of piperidine rings is 1. The van der Waals surface area contributed by atoms with Crippen molar-refractivity contribution >= 4 is 11.8 Å². The monoisotopic (exact) mass is 462 g/mol. The van der Waals surface area contributed by atoms with Crippen molar-refractivity contribution < 1.29 is 9.59 Å². The Hall–Kier alpha value is -2.93. The summed E-state index contributed by atoms with van der Waals surface area (Å²) in [7, 11) is 0. The van der Waals surface area contributed by atoms with Gasteiger partial charge in [-0.2, -0.15) is 0 Å². The van der Waals surface area contributed by atoms with Crippen LogP contribution in [-0.2, 0) is 17.9 Å². The average Bonchev–Trinajstić information content (AvgIpc) is 3.16. The van der Waals surface area contributed by atoms with Gasteiger partial charge in [0, 0.05) is 62.5 Å². The molecule has 3 aliphatic heterocycles. The number of hydrogen-bond donors (Lipinski definition) is 1. The molecule has 3 aliphatic rings.